The zero-order chi connectivity index (χ0) is 21.3. The Hall–Kier alpha value is -2.42. The molecule has 0 N–H and O–H groups in total. The zero-order valence-corrected chi connectivity index (χ0v) is 17.8. The average Bonchev–Trinajstić information content (AvgIpc) is 3.31. The third kappa shape index (κ3) is 4.35. The predicted molar refractivity (Wildman–Crippen MR) is 110 cm³/mol. The highest BCUT2D eigenvalue weighted by atomic mass is 35.5. The van der Waals surface area contributed by atoms with Crippen LogP contribution in [0.4, 0.5) is 4.39 Å². The van der Waals surface area contributed by atoms with E-state index >= 15 is 0 Å². The van der Waals surface area contributed by atoms with Crippen molar-refractivity contribution in [2.24, 2.45) is 0 Å². The standard InChI is InChI=1S/C20H20Cl2FN5O2/c1-13-15(12-28-10-14(21)9-24-28)19(25-30-13)20(29)27-7-5-26(6-8-27)11-16-17(22)3-2-4-18(16)23/h2-4,9-10H,5-8,11-12H2,1H3. The maximum atomic E-state index is 14.0. The molecule has 1 fully saturated rings. The molecule has 3 heterocycles. The summed E-state index contributed by atoms with van der Waals surface area (Å²) < 4.78 is 21.0. The minimum Gasteiger partial charge on any atom is -0.361 e. The molecule has 30 heavy (non-hydrogen) atoms. The summed E-state index contributed by atoms with van der Waals surface area (Å²) in [5, 5.41) is 9.06. The van der Waals surface area contributed by atoms with Crippen LogP contribution in [0, 0.1) is 12.7 Å². The Morgan fingerprint density at radius 3 is 2.60 bits per heavy atom. The Labute approximate surface area is 182 Å². The second-order valence-corrected chi connectivity index (χ2v) is 8.03. The van der Waals surface area contributed by atoms with Gasteiger partial charge in [0.15, 0.2) is 5.69 Å². The van der Waals surface area contributed by atoms with Gasteiger partial charge in [-0.3, -0.25) is 14.4 Å². The van der Waals surface area contributed by atoms with Crippen LogP contribution in [0.2, 0.25) is 10.0 Å². The Morgan fingerprint density at radius 1 is 1.17 bits per heavy atom. The molecule has 1 aromatic carbocycles. The smallest absolute Gasteiger partial charge is 0.276 e. The monoisotopic (exact) mass is 451 g/mol. The molecule has 0 aliphatic carbocycles. The quantitative estimate of drug-likeness (QED) is 0.592. The van der Waals surface area contributed by atoms with Crippen LogP contribution in [0.5, 0.6) is 0 Å². The highest BCUT2D eigenvalue weighted by Gasteiger charge is 2.28. The summed E-state index contributed by atoms with van der Waals surface area (Å²) in [6.45, 7) is 4.74. The number of carbonyl (C=O) groups is 1. The third-order valence-electron chi connectivity index (χ3n) is 5.21. The molecule has 0 radical (unpaired) electrons. The molecule has 1 amide bonds. The maximum absolute atomic E-state index is 14.0. The van der Waals surface area contributed by atoms with Crippen LogP contribution >= 0.6 is 23.2 Å². The van der Waals surface area contributed by atoms with Crippen molar-refractivity contribution in [3.05, 3.63) is 69.0 Å². The van der Waals surface area contributed by atoms with Gasteiger partial charge in [-0.15, -0.1) is 0 Å². The first kappa shape index (κ1) is 20.8. The molecule has 0 spiro atoms. The Kier molecular flexibility index (Phi) is 6.08. The summed E-state index contributed by atoms with van der Waals surface area (Å²) in [4.78, 5) is 16.9. The van der Waals surface area contributed by atoms with Gasteiger partial charge < -0.3 is 9.42 Å². The van der Waals surface area contributed by atoms with Crippen LogP contribution in [0.1, 0.15) is 27.4 Å². The maximum Gasteiger partial charge on any atom is 0.276 e. The predicted octanol–water partition coefficient (Wildman–Crippen LogP) is 3.63. The van der Waals surface area contributed by atoms with Gasteiger partial charge in [0.1, 0.15) is 11.6 Å². The lowest BCUT2D eigenvalue weighted by Gasteiger charge is -2.34. The number of nitrogens with zero attached hydrogens (tertiary/aromatic N) is 5. The average molecular weight is 452 g/mol. The molecule has 0 bridgehead atoms. The highest BCUT2D eigenvalue weighted by molar-refractivity contribution is 6.31. The van der Waals surface area contributed by atoms with Crippen LogP contribution in [-0.2, 0) is 13.1 Å². The minimum absolute atomic E-state index is 0.191. The first-order valence-electron chi connectivity index (χ1n) is 9.50. The first-order valence-corrected chi connectivity index (χ1v) is 10.3. The van der Waals surface area contributed by atoms with Crippen molar-refractivity contribution < 1.29 is 13.7 Å². The topological polar surface area (TPSA) is 67.4 Å². The molecule has 0 unspecified atom stereocenters. The van der Waals surface area contributed by atoms with Gasteiger partial charge >= 0.3 is 0 Å². The van der Waals surface area contributed by atoms with Crippen molar-refractivity contribution >= 4 is 29.1 Å². The second kappa shape index (κ2) is 8.75. The fourth-order valence-corrected chi connectivity index (χ4v) is 3.88. The van der Waals surface area contributed by atoms with Gasteiger partial charge in [0.25, 0.3) is 5.91 Å². The molecular formula is C20H20Cl2FN5O2. The van der Waals surface area contributed by atoms with E-state index in [1.807, 2.05) is 0 Å². The van der Waals surface area contributed by atoms with Gasteiger partial charge in [0.05, 0.1) is 17.8 Å². The van der Waals surface area contributed by atoms with E-state index in [1.165, 1.54) is 12.3 Å². The molecule has 1 saturated heterocycles. The van der Waals surface area contributed by atoms with Crippen molar-refractivity contribution in [2.75, 3.05) is 26.2 Å². The molecule has 0 atom stereocenters. The summed E-state index contributed by atoms with van der Waals surface area (Å²) in [5.41, 5.74) is 1.44. The fourth-order valence-electron chi connectivity index (χ4n) is 3.50. The van der Waals surface area contributed by atoms with Crippen LogP contribution < -0.4 is 0 Å². The van der Waals surface area contributed by atoms with Gasteiger partial charge in [-0.25, -0.2) is 4.39 Å². The number of hydrogen-bond acceptors (Lipinski definition) is 5. The number of rotatable bonds is 5. The van der Waals surface area contributed by atoms with E-state index in [0.717, 1.165) is 0 Å². The minimum atomic E-state index is -0.317. The van der Waals surface area contributed by atoms with E-state index in [2.05, 4.69) is 15.2 Å². The second-order valence-electron chi connectivity index (χ2n) is 7.19. The lowest BCUT2D eigenvalue weighted by atomic mass is 10.1. The molecule has 2 aromatic heterocycles. The number of aryl methyl sites for hydroxylation is 1. The number of carbonyl (C=O) groups excluding carboxylic acids is 1. The molecule has 10 heteroatoms. The van der Waals surface area contributed by atoms with Crippen molar-refractivity contribution in [3.63, 3.8) is 0 Å². The molecule has 7 nitrogen and oxygen atoms in total. The molecular weight excluding hydrogens is 432 g/mol. The van der Waals surface area contributed by atoms with E-state index < -0.39 is 0 Å². The Morgan fingerprint density at radius 2 is 1.93 bits per heavy atom. The van der Waals surface area contributed by atoms with Gasteiger partial charge in [-0.05, 0) is 19.1 Å². The summed E-state index contributed by atoms with van der Waals surface area (Å²) in [5.74, 6) is 0.0592. The molecule has 0 saturated carbocycles. The molecule has 3 aromatic rings. The summed E-state index contributed by atoms with van der Waals surface area (Å²) in [6, 6.07) is 4.68. The summed E-state index contributed by atoms with van der Waals surface area (Å²) >= 11 is 12.1. The number of piperazine rings is 1. The number of aromatic nitrogens is 3. The lowest BCUT2D eigenvalue weighted by Crippen LogP contribution is -2.48. The van der Waals surface area contributed by atoms with Crippen molar-refractivity contribution in [3.8, 4) is 0 Å². The van der Waals surface area contributed by atoms with E-state index in [0.29, 0.717) is 66.2 Å². The van der Waals surface area contributed by atoms with Gasteiger partial charge in [-0.1, -0.05) is 34.4 Å². The van der Waals surface area contributed by atoms with Crippen LogP contribution in [-0.4, -0.2) is 56.8 Å². The SMILES string of the molecule is Cc1onc(C(=O)N2CCN(Cc3c(F)cccc3Cl)CC2)c1Cn1cc(Cl)cn1. The Bertz CT molecular complexity index is 1040. The largest absolute Gasteiger partial charge is 0.361 e. The van der Waals surface area contributed by atoms with Gasteiger partial charge in [-0.2, -0.15) is 5.10 Å². The normalized spacial score (nSPS) is 15.0. The van der Waals surface area contributed by atoms with Crippen molar-refractivity contribution in [1.82, 2.24) is 24.7 Å². The van der Waals surface area contributed by atoms with Crippen LogP contribution in [0.3, 0.4) is 0 Å². The van der Waals surface area contributed by atoms with E-state index in [4.69, 9.17) is 27.7 Å². The van der Waals surface area contributed by atoms with E-state index in [9.17, 15) is 9.18 Å². The van der Waals surface area contributed by atoms with Crippen LogP contribution in [0.25, 0.3) is 0 Å². The van der Waals surface area contributed by atoms with Gasteiger partial charge in [0, 0.05) is 55.1 Å². The fraction of sp³-hybridized carbons (Fsp3) is 0.350. The van der Waals surface area contributed by atoms with Crippen LogP contribution in [0.15, 0.2) is 35.1 Å². The zero-order valence-electron chi connectivity index (χ0n) is 16.3. The molecule has 1 aliphatic rings. The first-order chi connectivity index (χ1) is 14.4. The Balaban J connectivity index is 1.41. The number of amides is 1. The van der Waals surface area contributed by atoms with Gasteiger partial charge in [0.2, 0.25) is 0 Å². The lowest BCUT2D eigenvalue weighted by molar-refractivity contribution is 0.0616. The molecule has 158 valence electrons. The number of benzene rings is 1. The molecule has 1 aliphatic heterocycles. The summed E-state index contributed by atoms with van der Waals surface area (Å²) in [6.07, 6.45) is 3.21. The van der Waals surface area contributed by atoms with E-state index in [-0.39, 0.29) is 17.4 Å². The highest BCUT2D eigenvalue weighted by Crippen LogP contribution is 2.22. The molecule has 4 rings (SSSR count). The van der Waals surface area contributed by atoms with E-state index in [1.54, 1.807) is 34.8 Å². The number of hydrogen-bond donors (Lipinski definition) is 0. The third-order valence-corrected chi connectivity index (χ3v) is 5.76. The summed E-state index contributed by atoms with van der Waals surface area (Å²) in [7, 11) is 0. The number of halogens is 3. The van der Waals surface area contributed by atoms with Crippen molar-refractivity contribution in [1.29, 1.82) is 0 Å². The van der Waals surface area contributed by atoms with Crippen molar-refractivity contribution in [2.45, 2.75) is 20.0 Å².